The quantitative estimate of drug-likeness (QED) is 0.836. The average molecular weight is 408 g/mol. The van der Waals surface area contributed by atoms with E-state index in [0.29, 0.717) is 13.1 Å². The lowest BCUT2D eigenvalue weighted by atomic mass is 9.97. The van der Waals surface area contributed by atoms with Crippen LogP contribution in [-0.4, -0.2) is 52.0 Å². The van der Waals surface area contributed by atoms with Crippen molar-refractivity contribution in [3.05, 3.63) is 48.3 Å². The minimum Gasteiger partial charge on any atom is -0.444 e. The second kappa shape index (κ2) is 8.42. The largest absolute Gasteiger partial charge is 0.444 e. The molecule has 0 bridgehead atoms. The number of nitrogens with one attached hydrogen (secondary N) is 1. The molecule has 2 aromatic rings. The van der Waals surface area contributed by atoms with E-state index in [4.69, 9.17) is 9.73 Å². The average Bonchev–Trinajstić information content (AvgIpc) is 3.24. The number of carbonyl (C=O) groups is 1. The normalized spacial score (nSPS) is 21.7. The minimum atomic E-state index is -0.482. The Balaban J connectivity index is 1.36. The van der Waals surface area contributed by atoms with E-state index in [1.807, 2.05) is 63.5 Å². The molecule has 1 fully saturated rings. The third-order valence-electron chi connectivity index (χ3n) is 5.33. The predicted molar refractivity (Wildman–Crippen MR) is 116 cm³/mol. The Bertz CT molecular complexity index is 905. The lowest BCUT2D eigenvalue weighted by Gasteiger charge is -2.34. The Hall–Kier alpha value is -2.96. The number of benzene rings is 1. The van der Waals surface area contributed by atoms with E-state index in [9.17, 15) is 4.79 Å². The van der Waals surface area contributed by atoms with Crippen LogP contribution >= 0.6 is 0 Å². The second-order valence-electron chi connectivity index (χ2n) is 8.89. The molecule has 1 aromatic heterocycles. The lowest BCUT2D eigenvalue weighted by molar-refractivity contribution is 0.0193. The predicted octanol–water partition coefficient (Wildman–Crippen LogP) is 3.83. The first-order valence-electron chi connectivity index (χ1n) is 10.6. The maximum absolute atomic E-state index is 12.4. The molecule has 158 valence electrons. The van der Waals surface area contributed by atoms with E-state index in [2.05, 4.69) is 15.3 Å². The molecule has 0 aliphatic carbocycles. The summed E-state index contributed by atoms with van der Waals surface area (Å²) in [5.41, 5.74) is 1.54. The van der Waals surface area contributed by atoms with Gasteiger partial charge in [0.2, 0.25) is 0 Å². The van der Waals surface area contributed by atoms with Crippen LogP contribution in [0.2, 0.25) is 0 Å². The van der Waals surface area contributed by atoms with Crippen molar-refractivity contribution in [1.29, 1.82) is 0 Å². The number of likely N-dealkylation sites (tertiary alicyclic amines) is 1. The van der Waals surface area contributed by atoms with Crippen LogP contribution in [0.1, 0.15) is 45.2 Å². The number of hydrogen-bond acceptors (Lipinski definition) is 6. The van der Waals surface area contributed by atoms with Gasteiger partial charge in [0.1, 0.15) is 11.4 Å². The minimum absolute atomic E-state index is 0.0710. The van der Waals surface area contributed by atoms with Crippen molar-refractivity contribution in [3.63, 3.8) is 0 Å². The molecule has 0 saturated carbocycles. The number of aliphatic imine (C=N–C) groups is 1. The molecule has 7 heteroatoms. The number of ether oxygens (including phenoxy) is 1. The zero-order chi connectivity index (χ0) is 21.1. The van der Waals surface area contributed by atoms with Crippen LogP contribution in [0.5, 0.6) is 0 Å². The van der Waals surface area contributed by atoms with Crippen molar-refractivity contribution in [2.45, 2.75) is 45.3 Å². The summed E-state index contributed by atoms with van der Waals surface area (Å²) in [4.78, 5) is 28.0. The summed E-state index contributed by atoms with van der Waals surface area (Å²) in [5, 5.41) is 3.54. The number of nitrogens with zero attached hydrogens (tertiary/aromatic N) is 4. The van der Waals surface area contributed by atoms with Crippen molar-refractivity contribution >= 4 is 11.9 Å². The fraction of sp³-hybridized carbons (Fsp3) is 0.478. The van der Waals surface area contributed by atoms with Crippen LogP contribution in [0.25, 0.3) is 11.4 Å². The molecule has 2 unspecified atom stereocenters. The highest BCUT2D eigenvalue weighted by Gasteiger charge is 2.32. The molecule has 0 radical (unpaired) electrons. The van der Waals surface area contributed by atoms with Gasteiger partial charge in [-0.25, -0.2) is 14.8 Å². The van der Waals surface area contributed by atoms with Crippen LogP contribution in [0.4, 0.5) is 4.79 Å². The highest BCUT2D eigenvalue weighted by atomic mass is 16.6. The summed E-state index contributed by atoms with van der Waals surface area (Å²) >= 11 is 0. The number of amides is 1. The van der Waals surface area contributed by atoms with Gasteiger partial charge in [0.15, 0.2) is 5.82 Å². The highest BCUT2D eigenvalue weighted by molar-refractivity contribution is 5.87. The number of hydrogen-bond donors (Lipinski definition) is 1. The van der Waals surface area contributed by atoms with Crippen LogP contribution < -0.4 is 5.32 Å². The van der Waals surface area contributed by atoms with Crippen LogP contribution in [0.3, 0.4) is 0 Å². The molecule has 1 N–H and O–H groups in total. The third kappa shape index (κ3) is 4.78. The SMILES string of the molecule is CC(C)(C)OC(=O)N1CCCC(C2=NCC(c3cnc(-c4ccccc4)nc3)N2)C1. The molecule has 7 nitrogen and oxygen atoms in total. The molecule has 2 aliphatic rings. The summed E-state index contributed by atoms with van der Waals surface area (Å²) in [6.07, 6.45) is 5.47. The van der Waals surface area contributed by atoms with Gasteiger partial charge >= 0.3 is 6.09 Å². The van der Waals surface area contributed by atoms with Gasteiger partial charge in [-0.2, -0.15) is 0 Å². The van der Waals surface area contributed by atoms with Gasteiger partial charge in [-0.05, 0) is 33.6 Å². The molecular weight excluding hydrogens is 378 g/mol. The summed E-state index contributed by atoms with van der Waals surface area (Å²) < 4.78 is 5.54. The molecule has 30 heavy (non-hydrogen) atoms. The first-order valence-corrected chi connectivity index (χ1v) is 10.6. The van der Waals surface area contributed by atoms with Gasteiger partial charge in [0, 0.05) is 42.5 Å². The van der Waals surface area contributed by atoms with E-state index < -0.39 is 5.60 Å². The number of carbonyl (C=O) groups excluding carboxylic acids is 1. The molecule has 1 amide bonds. The van der Waals surface area contributed by atoms with Gasteiger partial charge < -0.3 is 15.0 Å². The number of piperidine rings is 1. The number of aromatic nitrogens is 2. The smallest absolute Gasteiger partial charge is 0.410 e. The summed E-state index contributed by atoms with van der Waals surface area (Å²) in [6.45, 7) is 7.71. The molecule has 2 aliphatic heterocycles. The van der Waals surface area contributed by atoms with Crippen molar-refractivity contribution < 1.29 is 9.53 Å². The Morgan fingerprint density at radius 2 is 1.90 bits per heavy atom. The summed E-state index contributed by atoms with van der Waals surface area (Å²) in [7, 11) is 0. The Kier molecular flexibility index (Phi) is 5.70. The van der Waals surface area contributed by atoms with E-state index >= 15 is 0 Å². The Morgan fingerprint density at radius 1 is 1.17 bits per heavy atom. The van der Waals surface area contributed by atoms with Crippen molar-refractivity contribution in [1.82, 2.24) is 20.2 Å². The zero-order valence-electron chi connectivity index (χ0n) is 17.8. The first kappa shape index (κ1) is 20.3. The number of amidine groups is 1. The molecule has 4 rings (SSSR count). The first-order chi connectivity index (χ1) is 14.4. The number of rotatable bonds is 3. The Labute approximate surface area is 177 Å². The monoisotopic (exact) mass is 407 g/mol. The molecule has 1 aromatic carbocycles. The fourth-order valence-electron chi connectivity index (χ4n) is 3.84. The molecule has 1 saturated heterocycles. The van der Waals surface area contributed by atoms with Crippen LogP contribution in [0, 0.1) is 5.92 Å². The van der Waals surface area contributed by atoms with Crippen molar-refractivity contribution in [2.24, 2.45) is 10.9 Å². The topological polar surface area (TPSA) is 79.7 Å². The molecule has 3 heterocycles. The van der Waals surface area contributed by atoms with Crippen molar-refractivity contribution in [2.75, 3.05) is 19.6 Å². The van der Waals surface area contributed by atoms with Gasteiger partial charge in [0.25, 0.3) is 0 Å². The molecular formula is C23H29N5O2. The molecule has 2 atom stereocenters. The maximum atomic E-state index is 12.4. The Morgan fingerprint density at radius 3 is 2.60 bits per heavy atom. The van der Waals surface area contributed by atoms with Gasteiger partial charge in [-0.3, -0.25) is 4.99 Å². The van der Waals surface area contributed by atoms with Crippen molar-refractivity contribution in [3.8, 4) is 11.4 Å². The zero-order valence-corrected chi connectivity index (χ0v) is 17.8. The van der Waals surface area contributed by atoms with E-state index in [0.717, 1.165) is 42.2 Å². The summed E-state index contributed by atoms with van der Waals surface area (Å²) in [6, 6.07) is 10.0. The van der Waals surface area contributed by atoms with Gasteiger partial charge in [-0.15, -0.1) is 0 Å². The lowest BCUT2D eigenvalue weighted by Crippen LogP contribution is -2.46. The van der Waals surface area contributed by atoms with E-state index in [1.165, 1.54) is 0 Å². The molecule has 0 spiro atoms. The van der Waals surface area contributed by atoms with E-state index in [1.54, 1.807) is 4.90 Å². The maximum Gasteiger partial charge on any atom is 0.410 e. The standard InChI is InChI=1S/C23H29N5O2/c1-23(2,3)30-22(29)28-11-7-10-17(15-28)21-26-14-19(27-21)18-12-24-20(25-13-18)16-8-5-4-6-9-16/h4-6,8-9,12-13,17,19H,7,10-11,14-15H2,1-3H3,(H,26,27). The highest BCUT2D eigenvalue weighted by Crippen LogP contribution is 2.25. The van der Waals surface area contributed by atoms with E-state index in [-0.39, 0.29) is 18.1 Å². The third-order valence-corrected chi connectivity index (χ3v) is 5.33. The second-order valence-corrected chi connectivity index (χ2v) is 8.89. The fourth-order valence-corrected chi connectivity index (χ4v) is 3.84. The summed E-state index contributed by atoms with van der Waals surface area (Å²) in [5.74, 6) is 1.90. The van der Waals surface area contributed by atoms with Crippen LogP contribution in [0.15, 0.2) is 47.7 Å². The van der Waals surface area contributed by atoms with Crippen LogP contribution in [-0.2, 0) is 4.74 Å². The van der Waals surface area contributed by atoms with Gasteiger partial charge in [-0.1, -0.05) is 30.3 Å². The van der Waals surface area contributed by atoms with Gasteiger partial charge in [0.05, 0.1) is 12.6 Å².